The van der Waals surface area contributed by atoms with E-state index in [-0.39, 0.29) is 11.7 Å². The lowest BCUT2D eigenvalue weighted by Gasteiger charge is -2.18. The molecule has 1 heterocycles. The Morgan fingerprint density at radius 1 is 1.29 bits per heavy atom. The van der Waals surface area contributed by atoms with Gasteiger partial charge in [-0.15, -0.1) is 0 Å². The second-order valence-corrected chi connectivity index (χ2v) is 6.83. The first-order chi connectivity index (χ1) is 11.6. The topological polar surface area (TPSA) is 32.7 Å². The number of benzene rings is 2. The largest absolute Gasteiger partial charge is 0.286 e. The monoisotopic (exact) mass is 362 g/mol. The highest BCUT2D eigenvalue weighted by atomic mass is 35.5. The molecule has 0 spiro atoms. The Labute approximate surface area is 149 Å². The maximum atomic E-state index is 13.9. The molecule has 0 bridgehead atoms. The van der Waals surface area contributed by atoms with Crippen molar-refractivity contribution in [3.63, 3.8) is 0 Å². The van der Waals surface area contributed by atoms with Crippen LogP contribution in [0.3, 0.4) is 0 Å². The molecule has 2 aromatic rings. The van der Waals surface area contributed by atoms with Crippen LogP contribution in [0.4, 0.5) is 4.39 Å². The van der Waals surface area contributed by atoms with Gasteiger partial charge in [-0.05, 0) is 31.2 Å². The fourth-order valence-corrected chi connectivity index (χ4v) is 3.79. The zero-order valence-corrected chi connectivity index (χ0v) is 14.7. The summed E-state index contributed by atoms with van der Waals surface area (Å²) in [6.07, 6.45) is 0. The maximum absolute atomic E-state index is 13.9. The van der Waals surface area contributed by atoms with E-state index in [4.69, 9.17) is 11.6 Å². The molecular weight excluding hydrogens is 347 g/mol. The molecule has 24 heavy (non-hydrogen) atoms. The fraction of sp³-hybridized carbons (Fsp3) is 0.222. The van der Waals surface area contributed by atoms with Crippen LogP contribution in [-0.2, 0) is 5.75 Å². The maximum Gasteiger partial charge on any atom is 0.259 e. The second-order valence-electron chi connectivity index (χ2n) is 5.48. The number of hydrogen-bond donors (Lipinski definition) is 0. The Morgan fingerprint density at radius 2 is 2.04 bits per heavy atom. The molecule has 0 radical (unpaired) electrons. The van der Waals surface area contributed by atoms with E-state index in [1.807, 2.05) is 31.2 Å². The lowest BCUT2D eigenvalue weighted by atomic mass is 10.1. The molecule has 3 rings (SSSR count). The van der Waals surface area contributed by atoms with Gasteiger partial charge >= 0.3 is 0 Å². The average molecular weight is 363 g/mol. The van der Waals surface area contributed by atoms with Crippen molar-refractivity contribution in [1.82, 2.24) is 4.90 Å². The summed E-state index contributed by atoms with van der Waals surface area (Å²) < 4.78 is 13.9. The zero-order valence-electron chi connectivity index (χ0n) is 13.1. The van der Waals surface area contributed by atoms with E-state index in [0.29, 0.717) is 40.2 Å². The third kappa shape index (κ3) is 3.62. The minimum absolute atomic E-state index is 0.0848. The third-order valence-electron chi connectivity index (χ3n) is 3.75. The minimum Gasteiger partial charge on any atom is -0.286 e. The Morgan fingerprint density at radius 3 is 2.75 bits per heavy atom. The zero-order chi connectivity index (χ0) is 17.1. The Hall–Kier alpha value is -1.85. The summed E-state index contributed by atoms with van der Waals surface area (Å²) in [5.74, 6) is -0.0921. The van der Waals surface area contributed by atoms with E-state index in [1.165, 1.54) is 17.8 Å². The number of aryl methyl sites for hydroxylation is 1. The van der Waals surface area contributed by atoms with Gasteiger partial charge in [0.25, 0.3) is 5.91 Å². The predicted molar refractivity (Wildman–Crippen MR) is 97.2 cm³/mol. The van der Waals surface area contributed by atoms with E-state index in [2.05, 4.69) is 4.99 Å². The molecule has 0 saturated carbocycles. The summed E-state index contributed by atoms with van der Waals surface area (Å²) in [6, 6.07) is 12.1. The van der Waals surface area contributed by atoms with Crippen molar-refractivity contribution in [2.75, 3.05) is 13.1 Å². The number of carbonyl (C=O) groups excluding carboxylic acids is 1. The number of amides is 1. The highest BCUT2D eigenvalue weighted by Crippen LogP contribution is 2.27. The molecule has 0 aliphatic carbocycles. The first kappa shape index (κ1) is 17.0. The van der Waals surface area contributed by atoms with E-state index in [0.717, 1.165) is 5.56 Å². The summed E-state index contributed by atoms with van der Waals surface area (Å²) >= 11 is 7.38. The van der Waals surface area contributed by atoms with Gasteiger partial charge in [0.15, 0.2) is 5.17 Å². The summed E-state index contributed by atoms with van der Waals surface area (Å²) in [6.45, 7) is 3.08. The second kappa shape index (κ2) is 7.36. The average Bonchev–Trinajstić information content (AvgIpc) is 3.03. The summed E-state index contributed by atoms with van der Waals surface area (Å²) in [7, 11) is 0. The molecule has 0 fully saturated rings. The van der Waals surface area contributed by atoms with Gasteiger partial charge < -0.3 is 0 Å². The number of nitrogens with zero attached hydrogens (tertiary/aromatic N) is 2. The number of rotatable bonds is 3. The van der Waals surface area contributed by atoms with Gasteiger partial charge in [0.05, 0.1) is 6.54 Å². The van der Waals surface area contributed by atoms with Gasteiger partial charge in [-0.2, -0.15) is 0 Å². The molecule has 3 nitrogen and oxygen atoms in total. The van der Waals surface area contributed by atoms with Gasteiger partial charge in [0, 0.05) is 28.4 Å². The molecule has 0 atom stereocenters. The van der Waals surface area contributed by atoms with Crippen LogP contribution in [0.1, 0.15) is 21.5 Å². The summed E-state index contributed by atoms with van der Waals surface area (Å²) in [4.78, 5) is 18.7. The molecule has 2 aromatic carbocycles. The van der Waals surface area contributed by atoms with Crippen molar-refractivity contribution in [2.45, 2.75) is 12.7 Å². The van der Waals surface area contributed by atoms with Crippen LogP contribution in [-0.4, -0.2) is 29.1 Å². The van der Waals surface area contributed by atoms with Gasteiger partial charge in [0.1, 0.15) is 5.82 Å². The van der Waals surface area contributed by atoms with E-state index < -0.39 is 0 Å². The Bertz CT molecular complexity index is 772. The highest BCUT2D eigenvalue weighted by Gasteiger charge is 2.25. The SMILES string of the molecule is Cc1ccc(C(=O)N2CCN=C2SCc2c(F)cccc2Cl)cc1. The molecule has 1 aliphatic rings. The summed E-state index contributed by atoms with van der Waals surface area (Å²) in [5, 5.41) is 0.998. The van der Waals surface area contributed by atoms with Gasteiger partial charge in [-0.25, -0.2) is 4.39 Å². The normalized spacial score (nSPS) is 14.0. The number of halogens is 2. The van der Waals surface area contributed by atoms with E-state index in [9.17, 15) is 9.18 Å². The van der Waals surface area contributed by atoms with Crippen LogP contribution in [0, 0.1) is 12.7 Å². The highest BCUT2D eigenvalue weighted by molar-refractivity contribution is 8.13. The summed E-state index contributed by atoms with van der Waals surface area (Å²) in [5.41, 5.74) is 2.16. The van der Waals surface area contributed by atoms with Crippen molar-refractivity contribution >= 4 is 34.4 Å². The lowest BCUT2D eigenvalue weighted by molar-refractivity contribution is 0.0860. The van der Waals surface area contributed by atoms with E-state index >= 15 is 0 Å². The lowest BCUT2D eigenvalue weighted by Crippen LogP contribution is -2.32. The predicted octanol–water partition coefficient (Wildman–Crippen LogP) is 4.53. The van der Waals surface area contributed by atoms with Crippen LogP contribution < -0.4 is 0 Å². The van der Waals surface area contributed by atoms with Gasteiger partial charge in [-0.1, -0.05) is 47.1 Å². The fourth-order valence-electron chi connectivity index (χ4n) is 2.40. The number of hydrogen-bond acceptors (Lipinski definition) is 3. The van der Waals surface area contributed by atoms with Crippen LogP contribution >= 0.6 is 23.4 Å². The van der Waals surface area contributed by atoms with Crippen LogP contribution in [0.5, 0.6) is 0 Å². The molecule has 124 valence electrons. The number of carbonyl (C=O) groups is 1. The molecule has 0 unspecified atom stereocenters. The van der Waals surface area contributed by atoms with Crippen LogP contribution in [0.15, 0.2) is 47.5 Å². The van der Waals surface area contributed by atoms with Crippen molar-refractivity contribution in [2.24, 2.45) is 4.99 Å². The number of amidine groups is 1. The molecule has 1 amide bonds. The van der Waals surface area contributed by atoms with Crippen molar-refractivity contribution < 1.29 is 9.18 Å². The Kier molecular flexibility index (Phi) is 5.21. The van der Waals surface area contributed by atoms with E-state index in [1.54, 1.807) is 17.0 Å². The van der Waals surface area contributed by atoms with Crippen molar-refractivity contribution in [3.05, 3.63) is 70.0 Å². The van der Waals surface area contributed by atoms with Crippen LogP contribution in [0.2, 0.25) is 5.02 Å². The molecule has 0 N–H and O–H groups in total. The number of thioether (sulfide) groups is 1. The third-order valence-corrected chi connectivity index (χ3v) is 5.15. The first-order valence-electron chi connectivity index (χ1n) is 7.55. The molecule has 0 saturated heterocycles. The van der Waals surface area contributed by atoms with Crippen LogP contribution in [0.25, 0.3) is 0 Å². The molecule has 6 heteroatoms. The van der Waals surface area contributed by atoms with Gasteiger partial charge in [0.2, 0.25) is 0 Å². The molecular formula is C18H16ClFN2OS. The van der Waals surface area contributed by atoms with Crippen molar-refractivity contribution in [3.8, 4) is 0 Å². The minimum atomic E-state index is -0.343. The Balaban J connectivity index is 1.72. The standard InChI is InChI=1S/C18H16ClFN2OS/c1-12-5-7-13(8-6-12)17(23)22-10-9-21-18(22)24-11-14-15(19)3-2-4-16(14)20/h2-8H,9-11H2,1H3. The van der Waals surface area contributed by atoms with Crippen molar-refractivity contribution in [1.29, 1.82) is 0 Å². The smallest absolute Gasteiger partial charge is 0.259 e. The first-order valence-corrected chi connectivity index (χ1v) is 8.91. The quantitative estimate of drug-likeness (QED) is 0.803. The molecule has 0 aromatic heterocycles. The van der Waals surface area contributed by atoms with Gasteiger partial charge in [-0.3, -0.25) is 14.7 Å². The number of aliphatic imine (C=N–C) groups is 1. The molecule has 1 aliphatic heterocycles.